The number of hydrogen-bond acceptors (Lipinski definition) is 2. The van der Waals surface area contributed by atoms with Gasteiger partial charge in [-0.3, -0.25) is 4.98 Å². The predicted molar refractivity (Wildman–Crippen MR) is 89.8 cm³/mol. The van der Waals surface area contributed by atoms with E-state index in [9.17, 15) is 0 Å². The average Bonchev–Trinajstić information content (AvgIpc) is 2.84. The third kappa shape index (κ3) is 2.42. The molecule has 0 saturated carbocycles. The maximum Gasteiger partial charge on any atom is 0.0708 e. The summed E-state index contributed by atoms with van der Waals surface area (Å²) in [6.07, 6.45) is 1.92. The predicted octanol–water partition coefficient (Wildman–Crippen LogP) is 3.84. The molecule has 0 aliphatic rings. The summed E-state index contributed by atoms with van der Waals surface area (Å²) in [7, 11) is 0. The number of para-hydroxylation sites is 1. The van der Waals surface area contributed by atoms with Gasteiger partial charge in [0.2, 0.25) is 0 Å². The highest BCUT2D eigenvalue weighted by molar-refractivity contribution is 6.08. The molecule has 0 aliphatic carbocycles. The van der Waals surface area contributed by atoms with Crippen LogP contribution in [0.2, 0.25) is 0 Å². The zero-order chi connectivity index (χ0) is 14.8. The molecule has 3 nitrogen and oxygen atoms in total. The largest absolute Gasteiger partial charge is 0.338 e. The quantitative estimate of drug-likeness (QED) is 0.708. The van der Waals surface area contributed by atoms with Crippen molar-refractivity contribution in [3.63, 3.8) is 0 Å². The number of aryl methyl sites for hydroxylation is 1. The van der Waals surface area contributed by atoms with Crippen molar-refractivity contribution in [2.75, 3.05) is 19.6 Å². The molecule has 110 valence electrons. The molecule has 1 aromatic carbocycles. The minimum atomic E-state index is 1.01. The van der Waals surface area contributed by atoms with Crippen molar-refractivity contribution in [1.29, 1.82) is 0 Å². The fraction of sp³-hybridized carbons (Fsp3) is 0.389. The summed E-state index contributed by atoms with van der Waals surface area (Å²) < 4.78 is 2.44. The summed E-state index contributed by atoms with van der Waals surface area (Å²) in [6, 6.07) is 10.8. The Labute approximate surface area is 126 Å². The lowest BCUT2D eigenvalue weighted by Crippen LogP contribution is -2.27. The van der Waals surface area contributed by atoms with Crippen LogP contribution in [0.4, 0.5) is 0 Å². The molecule has 2 heterocycles. The molecule has 0 bridgehead atoms. The highest BCUT2D eigenvalue weighted by Crippen LogP contribution is 2.29. The van der Waals surface area contributed by atoms with Crippen LogP contribution in [-0.2, 0) is 6.54 Å². The van der Waals surface area contributed by atoms with Gasteiger partial charge in [0, 0.05) is 35.6 Å². The van der Waals surface area contributed by atoms with E-state index in [2.05, 4.69) is 65.6 Å². The third-order valence-electron chi connectivity index (χ3n) is 4.40. The molecule has 0 saturated heterocycles. The standard InChI is InChI=1S/C18H23N3/c1-4-20(5-2)12-13-21-17-9-7-6-8-15(17)16-10-11-19-14(3)18(16)21/h6-11H,4-5,12-13H2,1-3H3. The van der Waals surface area contributed by atoms with E-state index in [-0.39, 0.29) is 0 Å². The number of aromatic nitrogens is 2. The Balaban J connectivity index is 2.14. The molecule has 0 atom stereocenters. The molecular weight excluding hydrogens is 258 g/mol. The van der Waals surface area contributed by atoms with Gasteiger partial charge in [-0.15, -0.1) is 0 Å². The van der Waals surface area contributed by atoms with Crippen LogP contribution in [0, 0.1) is 6.92 Å². The Morgan fingerprint density at radius 3 is 2.57 bits per heavy atom. The normalized spacial score (nSPS) is 11.8. The second-order valence-electron chi connectivity index (χ2n) is 5.49. The van der Waals surface area contributed by atoms with Gasteiger partial charge < -0.3 is 9.47 Å². The molecule has 0 fully saturated rings. The summed E-state index contributed by atoms with van der Waals surface area (Å²) in [6.45, 7) is 10.8. The molecule has 0 spiro atoms. The number of likely N-dealkylation sites (N-methyl/N-ethyl adjacent to an activating group) is 1. The summed E-state index contributed by atoms with van der Waals surface area (Å²) >= 11 is 0. The summed E-state index contributed by atoms with van der Waals surface area (Å²) in [5.74, 6) is 0. The van der Waals surface area contributed by atoms with Gasteiger partial charge in [0.1, 0.15) is 0 Å². The number of fused-ring (bicyclic) bond motifs is 3. The summed E-state index contributed by atoms with van der Waals surface area (Å²) in [5.41, 5.74) is 3.71. The average molecular weight is 281 g/mol. The Morgan fingerprint density at radius 1 is 1.05 bits per heavy atom. The molecule has 0 unspecified atom stereocenters. The minimum Gasteiger partial charge on any atom is -0.338 e. The molecular formula is C18H23N3. The van der Waals surface area contributed by atoms with E-state index in [1.54, 1.807) is 0 Å². The van der Waals surface area contributed by atoms with Crippen molar-refractivity contribution in [2.24, 2.45) is 0 Å². The fourth-order valence-corrected chi connectivity index (χ4v) is 3.19. The fourth-order valence-electron chi connectivity index (χ4n) is 3.19. The monoisotopic (exact) mass is 281 g/mol. The van der Waals surface area contributed by atoms with E-state index < -0.39 is 0 Å². The van der Waals surface area contributed by atoms with E-state index >= 15 is 0 Å². The molecule has 0 radical (unpaired) electrons. The topological polar surface area (TPSA) is 21.1 Å². The number of rotatable bonds is 5. The first-order valence-electron chi connectivity index (χ1n) is 7.81. The van der Waals surface area contributed by atoms with Gasteiger partial charge in [-0.05, 0) is 32.1 Å². The van der Waals surface area contributed by atoms with Crippen LogP contribution in [-0.4, -0.2) is 34.1 Å². The third-order valence-corrected chi connectivity index (χ3v) is 4.40. The summed E-state index contributed by atoms with van der Waals surface area (Å²) in [5, 5.41) is 2.65. The molecule has 3 heteroatoms. The molecule has 0 N–H and O–H groups in total. The number of nitrogens with zero attached hydrogens (tertiary/aromatic N) is 3. The first-order chi connectivity index (χ1) is 10.3. The minimum absolute atomic E-state index is 1.01. The van der Waals surface area contributed by atoms with E-state index in [1.807, 2.05) is 6.20 Å². The van der Waals surface area contributed by atoms with Gasteiger partial charge in [0.25, 0.3) is 0 Å². The maximum absolute atomic E-state index is 4.50. The second-order valence-corrected chi connectivity index (χ2v) is 5.49. The van der Waals surface area contributed by atoms with Gasteiger partial charge in [0.15, 0.2) is 0 Å². The van der Waals surface area contributed by atoms with Crippen molar-refractivity contribution in [3.8, 4) is 0 Å². The van der Waals surface area contributed by atoms with Gasteiger partial charge in [0.05, 0.1) is 11.2 Å². The first-order valence-corrected chi connectivity index (χ1v) is 7.81. The van der Waals surface area contributed by atoms with Gasteiger partial charge in [-0.1, -0.05) is 32.0 Å². The Morgan fingerprint density at radius 2 is 1.81 bits per heavy atom. The molecule has 0 amide bonds. The Bertz CT molecular complexity index is 754. The van der Waals surface area contributed by atoms with Crippen LogP contribution < -0.4 is 0 Å². The lowest BCUT2D eigenvalue weighted by Gasteiger charge is -2.19. The zero-order valence-corrected chi connectivity index (χ0v) is 13.1. The number of pyridine rings is 1. The van der Waals surface area contributed by atoms with Crippen molar-refractivity contribution in [3.05, 3.63) is 42.2 Å². The van der Waals surface area contributed by atoms with E-state index in [0.717, 1.165) is 31.9 Å². The first kappa shape index (κ1) is 14.1. The van der Waals surface area contributed by atoms with Crippen LogP contribution in [0.15, 0.2) is 36.5 Å². The maximum atomic E-state index is 4.50. The van der Waals surface area contributed by atoms with E-state index in [4.69, 9.17) is 0 Å². The second kappa shape index (κ2) is 5.86. The van der Waals surface area contributed by atoms with E-state index in [0.29, 0.717) is 0 Å². The van der Waals surface area contributed by atoms with Crippen molar-refractivity contribution in [1.82, 2.24) is 14.5 Å². The zero-order valence-electron chi connectivity index (χ0n) is 13.1. The van der Waals surface area contributed by atoms with Crippen LogP contribution in [0.1, 0.15) is 19.5 Å². The Hall–Kier alpha value is -1.87. The van der Waals surface area contributed by atoms with Crippen molar-refractivity contribution < 1.29 is 0 Å². The molecule has 21 heavy (non-hydrogen) atoms. The molecule has 0 aliphatic heterocycles. The lowest BCUT2D eigenvalue weighted by atomic mass is 10.2. The van der Waals surface area contributed by atoms with E-state index in [1.165, 1.54) is 21.8 Å². The van der Waals surface area contributed by atoms with Crippen molar-refractivity contribution in [2.45, 2.75) is 27.3 Å². The van der Waals surface area contributed by atoms with Gasteiger partial charge in [-0.2, -0.15) is 0 Å². The Kier molecular flexibility index (Phi) is 3.93. The number of benzene rings is 1. The smallest absolute Gasteiger partial charge is 0.0708 e. The molecule has 3 rings (SSSR count). The van der Waals surface area contributed by atoms with Crippen LogP contribution in [0.5, 0.6) is 0 Å². The van der Waals surface area contributed by atoms with Gasteiger partial charge >= 0.3 is 0 Å². The highest BCUT2D eigenvalue weighted by atomic mass is 15.1. The van der Waals surface area contributed by atoms with Gasteiger partial charge in [-0.25, -0.2) is 0 Å². The summed E-state index contributed by atoms with van der Waals surface area (Å²) in [4.78, 5) is 6.96. The van der Waals surface area contributed by atoms with Crippen LogP contribution in [0.3, 0.4) is 0 Å². The van der Waals surface area contributed by atoms with Crippen molar-refractivity contribution >= 4 is 21.8 Å². The number of hydrogen-bond donors (Lipinski definition) is 0. The molecule has 2 aromatic heterocycles. The lowest BCUT2D eigenvalue weighted by molar-refractivity contribution is 0.293. The highest BCUT2D eigenvalue weighted by Gasteiger charge is 2.12. The SMILES string of the molecule is CCN(CC)CCn1c2ccccc2c2ccnc(C)c21. The van der Waals surface area contributed by atoms with Crippen LogP contribution >= 0.6 is 0 Å². The van der Waals surface area contributed by atoms with Crippen LogP contribution in [0.25, 0.3) is 21.8 Å². The molecule has 3 aromatic rings.